The average Bonchev–Trinajstić information content (AvgIpc) is 2.57. The van der Waals surface area contributed by atoms with E-state index in [1.807, 2.05) is 18.2 Å². The van der Waals surface area contributed by atoms with E-state index in [2.05, 4.69) is 88.3 Å². The third kappa shape index (κ3) is 3.02. The van der Waals surface area contributed by atoms with Gasteiger partial charge in [0.05, 0.1) is 0 Å². The van der Waals surface area contributed by atoms with Crippen LogP contribution in [-0.2, 0) is 32.7 Å². The Morgan fingerprint density at radius 1 is 0.545 bits per heavy atom. The molecule has 22 heavy (non-hydrogen) atoms. The fourth-order valence-electron chi connectivity index (χ4n) is 2.66. The van der Waals surface area contributed by atoms with Gasteiger partial charge in [-0.05, 0) is 0 Å². The number of rotatable bonds is 3. The van der Waals surface area contributed by atoms with Crippen molar-refractivity contribution in [3.8, 4) is 0 Å². The molecule has 3 heteroatoms. The molecule has 0 fully saturated rings. The number of halogens is 1. The normalized spacial score (nSPS) is 12.7. The number of hydrogen-bond donors (Lipinski definition) is 0. The maximum absolute atomic E-state index is 4.76. The third-order valence-corrected chi connectivity index (χ3v) is 11.7. The zero-order chi connectivity index (χ0) is 14.8. The zero-order valence-electron chi connectivity index (χ0n) is 12.3. The van der Waals surface area contributed by atoms with Gasteiger partial charge in [-0.15, -0.1) is 0 Å². The van der Waals surface area contributed by atoms with Crippen LogP contribution in [0.15, 0.2) is 91.0 Å². The maximum Gasteiger partial charge on any atom is 0 e. The summed E-state index contributed by atoms with van der Waals surface area (Å²) >= 11 is 4.13. The van der Waals surface area contributed by atoms with Gasteiger partial charge in [0.2, 0.25) is 0 Å². The van der Waals surface area contributed by atoms with Gasteiger partial charge in [-0.1, -0.05) is 0 Å². The Hall–Kier alpha value is -0.326. The van der Waals surface area contributed by atoms with Gasteiger partial charge in [0.25, 0.3) is 0 Å². The summed E-state index contributed by atoms with van der Waals surface area (Å²) in [5.41, 5.74) is 0. The van der Waals surface area contributed by atoms with Crippen LogP contribution in [0.2, 0.25) is 0 Å². The monoisotopic (exact) mass is 444 g/mol. The van der Waals surface area contributed by atoms with Crippen molar-refractivity contribution in [2.75, 3.05) is 0 Å². The number of hydrogen-bond acceptors (Lipinski definition) is 0. The molecule has 0 saturated carbocycles. The van der Waals surface area contributed by atoms with Crippen LogP contribution in [-0.4, -0.2) is 0 Å². The largest absolute Gasteiger partial charge is 0 e. The molecule has 0 nitrogen and oxygen atoms in total. The van der Waals surface area contributed by atoms with Crippen molar-refractivity contribution in [2.24, 2.45) is 0 Å². The predicted molar refractivity (Wildman–Crippen MR) is 99.4 cm³/mol. The van der Waals surface area contributed by atoms with Crippen LogP contribution >= 0.6 is 20.8 Å². The minimum atomic E-state index is -2.81. The quantitative estimate of drug-likeness (QED) is 0.408. The van der Waals surface area contributed by atoms with Crippen molar-refractivity contribution in [2.45, 2.75) is 0 Å². The standard InChI is InChI=1S/C19H17BrP.Y/c1-21(20,17-11-5-2-6-12-17,18-13-7-3-8-14-18)19-15-9-4-10-16-19;/h2-16H,1H2;/q-1;. The Morgan fingerprint density at radius 2 is 0.773 bits per heavy atom. The van der Waals surface area contributed by atoms with Crippen LogP contribution in [0, 0.1) is 6.66 Å². The molecule has 0 aromatic heterocycles. The Morgan fingerprint density at radius 3 is 1.00 bits per heavy atom. The molecule has 0 atom stereocenters. The molecule has 0 amide bonds. The van der Waals surface area contributed by atoms with E-state index in [1.54, 1.807) is 0 Å². The molecular weight excluding hydrogens is 428 g/mol. The molecule has 3 aromatic carbocycles. The van der Waals surface area contributed by atoms with Crippen molar-refractivity contribution < 1.29 is 32.7 Å². The van der Waals surface area contributed by atoms with Crippen molar-refractivity contribution in [1.82, 2.24) is 0 Å². The van der Waals surface area contributed by atoms with E-state index >= 15 is 0 Å². The van der Waals surface area contributed by atoms with Gasteiger partial charge in [-0.2, -0.15) is 0 Å². The van der Waals surface area contributed by atoms with Gasteiger partial charge in [0, 0.05) is 32.7 Å². The van der Waals surface area contributed by atoms with Crippen LogP contribution in [0.3, 0.4) is 0 Å². The minimum Gasteiger partial charge on any atom is 0 e. The van der Waals surface area contributed by atoms with Gasteiger partial charge in [0.15, 0.2) is 0 Å². The molecule has 0 aliphatic rings. The van der Waals surface area contributed by atoms with Crippen molar-refractivity contribution >= 4 is 36.7 Å². The third-order valence-electron chi connectivity index (χ3n) is 3.88. The first-order valence-electron chi connectivity index (χ1n) is 6.89. The second-order valence-corrected chi connectivity index (χ2v) is 13.8. The second-order valence-electron chi connectivity index (χ2n) is 5.19. The summed E-state index contributed by atoms with van der Waals surface area (Å²) in [7, 11) is 0. The smallest absolute Gasteiger partial charge is 0 e. The van der Waals surface area contributed by atoms with Crippen LogP contribution in [0.1, 0.15) is 0 Å². The fourth-order valence-corrected chi connectivity index (χ4v) is 8.07. The molecule has 1 radical (unpaired) electrons. The molecule has 0 aliphatic carbocycles. The first-order chi connectivity index (χ1) is 10.1. The zero-order valence-corrected chi connectivity index (χ0v) is 17.6. The molecule has 0 saturated heterocycles. The topological polar surface area (TPSA) is 0 Å². The van der Waals surface area contributed by atoms with Gasteiger partial charge in [-0.25, -0.2) is 0 Å². The molecule has 0 N–H and O–H groups in total. The summed E-state index contributed by atoms with van der Waals surface area (Å²) < 4.78 is 0. The summed E-state index contributed by atoms with van der Waals surface area (Å²) in [6.07, 6.45) is 0. The summed E-state index contributed by atoms with van der Waals surface area (Å²) in [6.45, 7) is 4.76. The average molecular weight is 445 g/mol. The molecular formula is C19H17BrPY-. The summed E-state index contributed by atoms with van der Waals surface area (Å²) in [4.78, 5) is 0. The SMILES string of the molecule is [CH2-]P(Br)(c1ccccc1)(c1ccccc1)c1ccccc1.[Y]. The van der Waals surface area contributed by atoms with Gasteiger partial charge >= 0.3 is 134 Å². The van der Waals surface area contributed by atoms with Crippen LogP contribution in [0.4, 0.5) is 0 Å². The number of benzene rings is 3. The molecule has 0 aliphatic heterocycles. The summed E-state index contributed by atoms with van der Waals surface area (Å²) in [5, 5.41) is 0.899. The van der Waals surface area contributed by atoms with Crippen LogP contribution in [0.5, 0.6) is 0 Å². The summed E-state index contributed by atoms with van der Waals surface area (Å²) in [6, 6.07) is 31.6. The Balaban J connectivity index is 0.00000176. The molecule has 3 aromatic rings. The Bertz CT molecular complexity index is 624. The van der Waals surface area contributed by atoms with E-state index in [-0.39, 0.29) is 32.7 Å². The van der Waals surface area contributed by atoms with Gasteiger partial charge in [0.1, 0.15) is 0 Å². The fraction of sp³-hybridized carbons (Fsp3) is 0. The Labute approximate surface area is 165 Å². The van der Waals surface area contributed by atoms with Crippen molar-refractivity contribution in [3.63, 3.8) is 0 Å². The molecule has 0 heterocycles. The van der Waals surface area contributed by atoms with E-state index in [0.717, 1.165) is 0 Å². The predicted octanol–water partition coefficient (Wildman–Crippen LogP) is 4.62. The maximum atomic E-state index is 4.76. The molecule has 0 spiro atoms. The molecule has 3 rings (SSSR count). The van der Waals surface area contributed by atoms with Crippen LogP contribution in [0.25, 0.3) is 0 Å². The first-order valence-corrected chi connectivity index (χ1v) is 11.3. The molecule has 109 valence electrons. The van der Waals surface area contributed by atoms with Crippen molar-refractivity contribution in [3.05, 3.63) is 97.7 Å². The first kappa shape index (κ1) is 18.0. The molecule has 0 unspecified atom stereocenters. The van der Waals surface area contributed by atoms with Crippen LogP contribution < -0.4 is 15.9 Å². The van der Waals surface area contributed by atoms with E-state index < -0.39 is 5.31 Å². The van der Waals surface area contributed by atoms with Gasteiger partial charge < -0.3 is 0 Å². The Kier molecular flexibility index (Phi) is 5.78. The van der Waals surface area contributed by atoms with Crippen molar-refractivity contribution in [1.29, 1.82) is 0 Å². The minimum absolute atomic E-state index is 0. The van der Waals surface area contributed by atoms with Gasteiger partial charge in [-0.3, -0.25) is 0 Å². The van der Waals surface area contributed by atoms with E-state index in [1.165, 1.54) is 15.9 Å². The second kappa shape index (κ2) is 7.06. The summed E-state index contributed by atoms with van der Waals surface area (Å²) in [5.74, 6) is 0. The van der Waals surface area contributed by atoms with E-state index in [9.17, 15) is 0 Å². The molecule has 0 bridgehead atoms. The van der Waals surface area contributed by atoms with E-state index in [0.29, 0.717) is 0 Å². The van der Waals surface area contributed by atoms with E-state index in [4.69, 9.17) is 6.66 Å².